The van der Waals surface area contributed by atoms with Gasteiger partial charge in [-0.15, -0.1) is 0 Å². The van der Waals surface area contributed by atoms with Crippen molar-refractivity contribution in [2.24, 2.45) is 0 Å². The van der Waals surface area contributed by atoms with Crippen LogP contribution in [0.3, 0.4) is 0 Å². The summed E-state index contributed by atoms with van der Waals surface area (Å²) < 4.78 is 89.4. The summed E-state index contributed by atoms with van der Waals surface area (Å²) in [7, 11) is 0. The molecule has 1 heterocycles. The maximum Gasteiger partial charge on any atom is 0.438 e. The molecule has 0 saturated carbocycles. The van der Waals surface area contributed by atoms with Crippen molar-refractivity contribution in [3.8, 4) is 17.6 Å². The normalized spacial score (nSPS) is 16.7. The third-order valence-corrected chi connectivity index (χ3v) is 7.54. The number of rotatable bonds is 7. The fraction of sp³-hybridized carbons (Fsp3) is 0.500. The molecule has 10 heteroatoms. The Labute approximate surface area is 229 Å². The summed E-state index contributed by atoms with van der Waals surface area (Å²) in [5.41, 5.74) is -2.66. The number of esters is 1. The molecule has 2 aromatic carbocycles. The lowest BCUT2D eigenvalue weighted by molar-refractivity contribution is -0.343. The molecule has 4 nitrogen and oxygen atoms in total. The van der Waals surface area contributed by atoms with Crippen LogP contribution in [0.4, 0.5) is 26.3 Å². The van der Waals surface area contributed by atoms with E-state index in [0.29, 0.717) is 30.6 Å². The summed E-state index contributed by atoms with van der Waals surface area (Å²) in [5, 5.41) is 9.36. The number of halogens is 6. The zero-order chi connectivity index (χ0) is 29.9. The first-order valence-corrected chi connectivity index (χ1v) is 13.0. The number of ether oxygens (including phenoxy) is 2. The minimum Gasteiger partial charge on any atom is -0.489 e. The number of cyclic esters (lactones) is 1. The highest BCUT2D eigenvalue weighted by molar-refractivity contribution is 5.70. The molecule has 0 aliphatic carbocycles. The van der Waals surface area contributed by atoms with Gasteiger partial charge in [-0.25, -0.2) is 0 Å². The number of benzene rings is 2. The molecule has 1 N–H and O–H groups in total. The summed E-state index contributed by atoms with van der Waals surface area (Å²) in [6.07, 6.45) is -9.09. The molecular formula is C30H32F6O4. The second kappa shape index (κ2) is 11.7. The Kier molecular flexibility index (Phi) is 9.19. The Bertz CT molecular complexity index is 1270. The minimum absolute atomic E-state index is 0.0554. The third kappa shape index (κ3) is 6.25. The number of carbonyl (C=O) groups is 1. The monoisotopic (exact) mass is 570 g/mol. The predicted octanol–water partition coefficient (Wildman–Crippen LogP) is 7.09. The van der Waals surface area contributed by atoms with E-state index in [1.54, 1.807) is 19.1 Å². The van der Waals surface area contributed by atoms with Crippen LogP contribution in [0.2, 0.25) is 0 Å². The van der Waals surface area contributed by atoms with Gasteiger partial charge in [0.15, 0.2) is 0 Å². The van der Waals surface area contributed by atoms with E-state index < -0.39 is 23.4 Å². The smallest absolute Gasteiger partial charge is 0.438 e. The summed E-state index contributed by atoms with van der Waals surface area (Å²) >= 11 is 0. The van der Waals surface area contributed by atoms with Gasteiger partial charge in [-0.05, 0) is 79.8 Å². The number of carbonyl (C=O) groups excluding carboxylic acids is 1. The average Bonchev–Trinajstić information content (AvgIpc) is 2.87. The maximum atomic E-state index is 13.0. The molecule has 0 aromatic heterocycles. The second-order valence-corrected chi connectivity index (χ2v) is 10.1. The fourth-order valence-corrected chi connectivity index (χ4v) is 4.98. The van der Waals surface area contributed by atoms with Crippen molar-refractivity contribution in [2.45, 2.75) is 89.3 Å². The molecule has 1 aliphatic heterocycles. The Morgan fingerprint density at radius 2 is 1.52 bits per heavy atom. The van der Waals surface area contributed by atoms with Crippen molar-refractivity contribution in [1.29, 1.82) is 0 Å². The van der Waals surface area contributed by atoms with Gasteiger partial charge in [0.05, 0.1) is 0 Å². The first kappa shape index (κ1) is 31.3. The van der Waals surface area contributed by atoms with Gasteiger partial charge in [-0.1, -0.05) is 44.0 Å². The molecule has 0 amide bonds. The Morgan fingerprint density at radius 3 is 2.02 bits per heavy atom. The molecular weight excluding hydrogens is 538 g/mol. The fourth-order valence-electron chi connectivity index (χ4n) is 4.98. The highest BCUT2D eigenvalue weighted by atomic mass is 19.4. The van der Waals surface area contributed by atoms with E-state index in [2.05, 4.69) is 0 Å². The SMILES string of the molecule is CCC(CC)(c1ccc(C#CC(O)(C(F)(F)F)C(F)(F)F)c(C)c1)c1ccc(OCC2CCCC(=O)O2)c(C)c1. The molecule has 0 bridgehead atoms. The van der Waals surface area contributed by atoms with E-state index in [0.717, 1.165) is 35.5 Å². The van der Waals surface area contributed by atoms with E-state index in [1.807, 2.05) is 44.9 Å². The van der Waals surface area contributed by atoms with Crippen LogP contribution >= 0.6 is 0 Å². The van der Waals surface area contributed by atoms with Crippen LogP contribution in [0.5, 0.6) is 5.75 Å². The summed E-state index contributed by atoms with van der Waals surface area (Å²) in [5.74, 6) is 3.33. The Morgan fingerprint density at radius 1 is 0.950 bits per heavy atom. The van der Waals surface area contributed by atoms with E-state index in [1.165, 1.54) is 6.07 Å². The van der Waals surface area contributed by atoms with Crippen molar-refractivity contribution < 1.29 is 45.7 Å². The highest BCUT2D eigenvalue weighted by Crippen LogP contribution is 2.43. The molecule has 1 atom stereocenters. The van der Waals surface area contributed by atoms with Gasteiger partial charge in [0.1, 0.15) is 18.5 Å². The van der Waals surface area contributed by atoms with E-state index in [4.69, 9.17) is 9.47 Å². The molecule has 0 radical (unpaired) electrons. The minimum atomic E-state index is -6.01. The molecule has 1 fully saturated rings. The van der Waals surface area contributed by atoms with Crippen LogP contribution in [0.15, 0.2) is 36.4 Å². The summed E-state index contributed by atoms with van der Waals surface area (Å²) in [4.78, 5) is 11.5. The predicted molar refractivity (Wildman–Crippen MR) is 137 cm³/mol. The van der Waals surface area contributed by atoms with Crippen LogP contribution in [-0.4, -0.2) is 41.7 Å². The average molecular weight is 571 g/mol. The maximum absolute atomic E-state index is 13.0. The molecule has 3 rings (SSSR count). The number of hydrogen-bond acceptors (Lipinski definition) is 4. The van der Waals surface area contributed by atoms with Gasteiger partial charge in [0, 0.05) is 17.4 Å². The van der Waals surface area contributed by atoms with Crippen molar-refractivity contribution in [3.05, 3.63) is 64.2 Å². The number of aliphatic hydroxyl groups is 1. The zero-order valence-corrected chi connectivity index (χ0v) is 22.7. The van der Waals surface area contributed by atoms with E-state index in [-0.39, 0.29) is 24.2 Å². The zero-order valence-electron chi connectivity index (χ0n) is 22.7. The van der Waals surface area contributed by atoms with Gasteiger partial charge in [-0.2, -0.15) is 26.3 Å². The Balaban J connectivity index is 1.91. The topological polar surface area (TPSA) is 55.8 Å². The van der Waals surface area contributed by atoms with Crippen LogP contribution in [0, 0.1) is 25.7 Å². The molecule has 40 heavy (non-hydrogen) atoms. The van der Waals surface area contributed by atoms with Gasteiger partial charge in [0.2, 0.25) is 0 Å². The number of aryl methyl sites for hydroxylation is 2. The standard InChI is InChI=1S/C30H32F6O4/c1-5-27(6-2,23-12-13-25(20(4)17-23)39-18-24-8-7-9-26(37)40-24)22-11-10-21(19(3)16-22)14-15-28(38,29(31,32)33)30(34,35)36/h10-13,16-17,24,38H,5-9,18H2,1-4H3. The van der Waals surface area contributed by atoms with Crippen LogP contribution in [-0.2, 0) is 14.9 Å². The molecule has 0 spiro atoms. The van der Waals surface area contributed by atoms with E-state index >= 15 is 0 Å². The summed E-state index contributed by atoms with van der Waals surface area (Å²) in [6.45, 7) is 7.68. The van der Waals surface area contributed by atoms with Gasteiger partial charge in [-0.3, -0.25) is 4.79 Å². The molecule has 1 aliphatic rings. The lowest BCUT2D eigenvalue weighted by Crippen LogP contribution is -2.55. The lowest BCUT2D eigenvalue weighted by Gasteiger charge is -2.34. The highest BCUT2D eigenvalue weighted by Gasteiger charge is 2.70. The van der Waals surface area contributed by atoms with Gasteiger partial charge >= 0.3 is 23.9 Å². The van der Waals surface area contributed by atoms with Crippen molar-refractivity contribution in [1.82, 2.24) is 0 Å². The number of hydrogen-bond donors (Lipinski definition) is 1. The van der Waals surface area contributed by atoms with Crippen molar-refractivity contribution in [2.75, 3.05) is 6.61 Å². The summed E-state index contributed by atoms with van der Waals surface area (Å²) in [6, 6.07) is 10.5. The number of alkyl halides is 6. The van der Waals surface area contributed by atoms with Crippen molar-refractivity contribution in [3.63, 3.8) is 0 Å². The van der Waals surface area contributed by atoms with E-state index in [9.17, 15) is 36.2 Å². The van der Waals surface area contributed by atoms with Crippen molar-refractivity contribution >= 4 is 5.97 Å². The Hall–Kier alpha value is -3.19. The van der Waals surface area contributed by atoms with Gasteiger partial charge < -0.3 is 14.6 Å². The first-order chi connectivity index (χ1) is 18.6. The third-order valence-electron chi connectivity index (χ3n) is 7.54. The molecule has 1 unspecified atom stereocenters. The lowest BCUT2D eigenvalue weighted by atomic mass is 9.70. The molecule has 2 aromatic rings. The molecule has 1 saturated heterocycles. The van der Waals surface area contributed by atoms with Gasteiger partial charge in [0.25, 0.3) is 0 Å². The second-order valence-electron chi connectivity index (χ2n) is 10.1. The largest absolute Gasteiger partial charge is 0.489 e. The van der Waals surface area contributed by atoms with Crippen LogP contribution in [0.1, 0.15) is 73.8 Å². The van der Waals surface area contributed by atoms with Crippen LogP contribution in [0.25, 0.3) is 0 Å². The quantitative estimate of drug-likeness (QED) is 0.219. The molecule has 218 valence electrons. The van der Waals surface area contributed by atoms with Crippen LogP contribution < -0.4 is 4.74 Å². The first-order valence-electron chi connectivity index (χ1n) is 13.0.